The van der Waals surface area contributed by atoms with E-state index in [0.717, 1.165) is 24.0 Å². The Morgan fingerprint density at radius 2 is 2.05 bits per heavy atom. The predicted octanol–water partition coefficient (Wildman–Crippen LogP) is 2.73. The highest BCUT2D eigenvalue weighted by Gasteiger charge is 2.25. The first kappa shape index (κ1) is 14.1. The van der Waals surface area contributed by atoms with Crippen LogP contribution >= 0.6 is 0 Å². The summed E-state index contributed by atoms with van der Waals surface area (Å²) < 4.78 is 0. The van der Waals surface area contributed by atoms with Gasteiger partial charge >= 0.3 is 0 Å². The van der Waals surface area contributed by atoms with E-state index < -0.39 is 0 Å². The van der Waals surface area contributed by atoms with E-state index >= 15 is 0 Å². The van der Waals surface area contributed by atoms with Crippen LogP contribution in [0, 0.1) is 6.92 Å². The number of amides is 1. The molecule has 0 saturated heterocycles. The third-order valence-electron chi connectivity index (χ3n) is 3.91. The van der Waals surface area contributed by atoms with E-state index in [1.165, 1.54) is 19.3 Å². The summed E-state index contributed by atoms with van der Waals surface area (Å²) >= 11 is 0. The largest absolute Gasteiger partial charge is 0.334 e. The molecule has 1 amide bonds. The van der Waals surface area contributed by atoms with Gasteiger partial charge in [0.15, 0.2) is 0 Å². The number of hydrogen-bond acceptors (Lipinski definition) is 2. The second kappa shape index (κ2) is 6.71. The van der Waals surface area contributed by atoms with Crippen molar-refractivity contribution in [3.63, 3.8) is 0 Å². The predicted molar refractivity (Wildman–Crippen MR) is 78.1 cm³/mol. The molecule has 2 N–H and O–H groups in total. The molecule has 0 bridgehead atoms. The van der Waals surface area contributed by atoms with Crippen LogP contribution < -0.4 is 5.73 Å². The van der Waals surface area contributed by atoms with Gasteiger partial charge in [0.1, 0.15) is 0 Å². The van der Waals surface area contributed by atoms with Crippen LogP contribution in [0.25, 0.3) is 0 Å². The summed E-state index contributed by atoms with van der Waals surface area (Å²) in [5, 5.41) is 0. The molecule has 0 aromatic heterocycles. The van der Waals surface area contributed by atoms with Crippen molar-refractivity contribution in [1.82, 2.24) is 4.90 Å². The van der Waals surface area contributed by atoms with Gasteiger partial charge in [0, 0.05) is 24.7 Å². The van der Waals surface area contributed by atoms with Gasteiger partial charge in [-0.25, -0.2) is 0 Å². The molecule has 2 rings (SSSR count). The zero-order valence-electron chi connectivity index (χ0n) is 11.8. The van der Waals surface area contributed by atoms with Crippen LogP contribution in [-0.4, -0.2) is 29.9 Å². The molecule has 0 unspecified atom stereocenters. The van der Waals surface area contributed by atoms with Gasteiger partial charge in [0.05, 0.1) is 0 Å². The fourth-order valence-corrected chi connectivity index (χ4v) is 2.93. The molecular formula is C16H24N2O. The smallest absolute Gasteiger partial charge is 0.254 e. The summed E-state index contributed by atoms with van der Waals surface area (Å²) in [7, 11) is 0. The zero-order chi connectivity index (χ0) is 13.7. The number of nitrogens with two attached hydrogens (primary N) is 1. The van der Waals surface area contributed by atoms with Crippen LogP contribution in [0.3, 0.4) is 0 Å². The SMILES string of the molecule is Cc1cccc(C(=O)N(CCN)C2CCCCC2)c1. The highest BCUT2D eigenvalue weighted by Crippen LogP contribution is 2.24. The molecule has 19 heavy (non-hydrogen) atoms. The Morgan fingerprint density at radius 3 is 2.68 bits per heavy atom. The Hall–Kier alpha value is -1.35. The number of benzene rings is 1. The van der Waals surface area contributed by atoms with Crippen molar-refractivity contribution in [1.29, 1.82) is 0 Å². The van der Waals surface area contributed by atoms with Gasteiger partial charge in [-0.15, -0.1) is 0 Å². The summed E-state index contributed by atoms with van der Waals surface area (Å²) in [5.41, 5.74) is 7.61. The second-order valence-electron chi connectivity index (χ2n) is 5.45. The lowest BCUT2D eigenvalue weighted by Gasteiger charge is -2.34. The Bertz CT molecular complexity index is 425. The standard InChI is InChI=1S/C16H24N2O/c1-13-6-5-7-14(12-13)16(19)18(11-10-17)15-8-3-2-4-9-15/h5-7,12,15H,2-4,8-11,17H2,1H3. The average molecular weight is 260 g/mol. The van der Waals surface area contributed by atoms with Crippen LogP contribution in [0.4, 0.5) is 0 Å². The first-order valence-electron chi connectivity index (χ1n) is 7.30. The number of aryl methyl sites for hydroxylation is 1. The van der Waals surface area contributed by atoms with Crippen molar-refractivity contribution in [3.05, 3.63) is 35.4 Å². The van der Waals surface area contributed by atoms with Crippen molar-refractivity contribution in [3.8, 4) is 0 Å². The van der Waals surface area contributed by atoms with Crippen molar-refractivity contribution in [2.24, 2.45) is 5.73 Å². The molecule has 0 heterocycles. The van der Waals surface area contributed by atoms with E-state index in [4.69, 9.17) is 5.73 Å². The second-order valence-corrected chi connectivity index (χ2v) is 5.45. The summed E-state index contributed by atoms with van der Waals surface area (Å²) in [6.07, 6.45) is 6.00. The van der Waals surface area contributed by atoms with Gasteiger partial charge in [0.2, 0.25) is 0 Å². The van der Waals surface area contributed by atoms with E-state index in [1.54, 1.807) is 0 Å². The van der Waals surface area contributed by atoms with Crippen LogP contribution in [-0.2, 0) is 0 Å². The number of carbonyl (C=O) groups is 1. The lowest BCUT2D eigenvalue weighted by molar-refractivity contribution is 0.0641. The van der Waals surface area contributed by atoms with Crippen molar-refractivity contribution in [2.75, 3.05) is 13.1 Å². The molecule has 3 nitrogen and oxygen atoms in total. The lowest BCUT2D eigenvalue weighted by atomic mass is 9.93. The third-order valence-corrected chi connectivity index (χ3v) is 3.91. The Morgan fingerprint density at radius 1 is 1.32 bits per heavy atom. The molecule has 0 radical (unpaired) electrons. The van der Waals surface area contributed by atoms with Gasteiger partial charge in [-0.3, -0.25) is 4.79 Å². The topological polar surface area (TPSA) is 46.3 Å². The first-order valence-corrected chi connectivity index (χ1v) is 7.30. The number of hydrogen-bond donors (Lipinski definition) is 1. The molecule has 1 fully saturated rings. The maximum Gasteiger partial charge on any atom is 0.254 e. The maximum atomic E-state index is 12.7. The van der Waals surface area contributed by atoms with E-state index in [2.05, 4.69) is 0 Å². The summed E-state index contributed by atoms with van der Waals surface area (Å²) in [6.45, 7) is 3.22. The normalized spacial score (nSPS) is 16.3. The van der Waals surface area contributed by atoms with Crippen molar-refractivity contribution in [2.45, 2.75) is 45.1 Å². The molecule has 1 aliphatic carbocycles. The van der Waals surface area contributed by atoms with E-state index in [9.17, 15) is 4.79 Å². The zero-order valence-corrected chi connectivity index (χ0v) is 11.8. The quantitative estimate of drug-likeness (QED) is 0.904. The van der Waals surface area contributed by atoms with Gasteiger partial charge in [-0.1, -0.05) is 37.0 Å². The molecule has 104 valence electrons. The van der Waals surface area contributed by atoms with Crippen LogP contribution in [0.2, 0.25) is 0 Å². The fourth-order valence-electron chi connectivity index (χ4n) is 2.93. The maximum absolute atomic E-state index is 12.7. The Kier molecular flexibility index (Phi) is 4.97. The Balaban J connectivity index is 2.15. The van der Waals surface area contributed by atoms with E-state index in [0.29, 0.717) is 19.1 Å². The molecular weight excluding hydrogens is 236 g/mol. The van der Waals surface area contributed by atoms with Crippen molar-refractivity contribution >= 4 is 5.91 Å². The monoisotopic (exact) mass is 260 g/mol. The molecule has 1 saturated carbocycles. The van der Waals surface area contributed by atoms with Crippen LogP contribution in [0.5, 0.6) is 0 Å². The highest BCUT2D eigenvalue weighted by atomic mass is 16.2. The number of rotatable bonds is 4. The fraction of sp³-hybridized carbons (Fsp3) is 0.562. The van der Waals surface area contributed by atoms with Gasteiger partial charge < -0.3 is 10.6 Å². The van der Waals surface area contributed by atoms with Gasteiger partial charge in [0.25, 0.3) is 5.91 Å². The van der Waals surface area contributed by atoms with Gasteiger partial charge in [-0.2, -0.15) is 0 Å². The Labute approximate surface area is 115 Å². The minimum absolute atomic E-state index is 0.140. The minimum atomic E-state index is 0.140. The third kappa shape index (κ3) is 3.57. The molecule has 1 aromatic rings. The molecule has 0 aliphatic heterocycles. The molecule has 1 aliphatic rings. The molecule has 0 atom stereocenters. The number of nitrogens with zero attached hydrogens (tertiary/aromatic N) is 1. The van der Waals surface area contributed by atoms with E-state index in [1.807, 2.05) is 36.1 Å². The summed E-state index contributed by atoms with van der Waals surface area (Å²) in [4.78, 5) is 14.7. The molecule has 3 heteroatoms. The van der Waals surface area contributed by atoms with Crippen LogP contribution in [0.15, 0.2) is 24.3 Å². The number of carbonyl (C=O) groups excluding carboxylic acids is 1. The average Bonchev–Trinajstić information content (AvgIpc) is 2.45. The molecule has 0 spiro atoms. The van der Waals surface area contributed by atoms with Crippen LogP contribution in [0.1, 0.15) is 48.0 Å². The highest BCUT2D eigenvalue weighted by molar-refractivity contribution is 5.94. The first-order chi connectivity index (χ1) is 9.22. The molecule has 1 aromatic carbocycles. The van der Waals surface area contributed by atoms with E-state index in [-0.39, 0.29) is 5.91 Å². The van der Waals surface area contributed by atoms with Gasteiger partial charge in [-0.05, 0) is 31.9 Å². The minimum Gasteiger partial charge on any atom is -0.334 e. The lowest BCUT2D eigenvalue weighted by Crippen LogP contribution is -2.44. The summed E-state index contributed by atoms with van der Waals surface area (Å²) in [6, 6.07) is 8.22. The van der Waals surface area contributed by atoms with Crippen molar-refractivity contribution < 1.29 is 4.79 Å². The summed E-state index contributed by atoms with van der Waals surface area (Å²) in [5.74, 6) is 0.140.